The van der Waals surface area contributed by atoms with Crippen molar-refractivity contribution < 1.29 is 14.7 Å². The fourth-order valence-corrected chi connectivity index (χ4v) is 2.34. The first-order valence-electron chi connectivity index (χ1n) is 6.06. The van der Waals surface area contributed by atoms with Gasteiger partial charge in [-0.3, -0.25) is 9.59 Å². The number of benzene rings is 1. The number of carboxylic acid groups (broad SMARTS) is 1. The van der Waals surface area contributed by atoms with E-state index in [0.29, 0.717) is 35.7 Å². The number of nitrogens with two attached hydrogens (primary N) is 1. The topological polar surface area (TPSA) is 83.6 Å². The molecule has 1 aromatic carbocycles. The Balaban J connectivity index is 2.14. The second-order valence-electron chi connectivity index (χ2n) is 4.66. The maximum absolute atomic E-state index is 12.3. The Morgan fingerprint density at radius 1 is 1.42 bits per heavy atom. The molecule has 1 fully saturated rings. The van der Waals surface area contributed by atoms with E-state index < -0.39 is 11.9 Å². The van der Waals surface area contributed by atoms with Gasteiger partial charge in [-0.1, -0.05) is 11.6 Å². The highest BCUT2D eigenvalue weighted by molar-refractivity contribution is 6.33. The van der Waals surface area contributed by atoms with Crippen LogP contribution in [0.25, 0.3) is 0 Å². The Labute approximate surface area is 116 Å². The highest BCUT2D eigenvalue weighted by Crippen LogP contribution is 2.23. The van der Waals surface area contributed by atoms with Gasteiger partial charge in [0, 0.05) is 18.7 Å². The number of rotatable bonds is 2. The number of piperidine rings is 1. The van der Waals surface area contributed by atoms with Crippen molar-refractivity contribution >= 4 is 29.2 Å². The Bertz CT molecular complexity index is 519. The number of carboxylic acids is 1. The third-order valence-corrected chi connectivity index (χ3v) is 3.64. The summed E-state index contributed by atoms with van der Waals surface area (Å²) in [5, 5.41) is 9.41. The fourth-order valence-electron chi connectivity index (χ4n) is 2.22. The summed E-state index contributed by atoms with van der Waals surface area (Å²) >= 11 is 5.81. The molecule has 19 heavy (non-hydrogen) atoms. The SMILES string of the molecule is Nc1cc(C(=O)N2CCC[C@H](C(=O)O)C2)ccc1Cl. The standard InChI is InChI=1S/C13H15ClN2O3/c14-10-4-3-8(6-11(10)15)12(17)16-5-1-2-9(7-16)13(18)19/h3-4,6,9H,1-2,5,7,15H2,(H,18,19)/t9-/m0/s1. The molecule has 0 saturated carbocycles. The van der Waals surface area contributed by atoms with Crippen LogP contribution in [0.5, 0.6) is 0 Å². The molecule has 1 aromatic rings. The van der Waals surface area contributed by atoms with Gasteiger partial charge in [0.05, 0.1) is 16.6 Å². The number of carbonyl (C=O) groups is 2. The van der Waals surface area contributed by atoms with Crippen molar-refractivity contribution in [2.45, 2.75) is 12.8 Å². The van der Waals surface area contributed by atoms with Crippen molar-refractivity contribution in [2.24, 2.45) is 5.92 Å². The van der Waals surface area contributed by atoms with Crippen LogP contribution in [0.2, 0.25) is 5.02 Å². The van der Waals surface area contributed by atoms with Gasteiger partial charge in [0.25, 0.3) is 5.91 Å². The first-order valence-corrected chi connectivity index (χ1v) is 6.44. The summed E-state index contributed by atoms with van der Waals surface area (Å²) in [7, 11) is 0. The van der Waals surface area contributed by atoms with Crippen LogP contribution in [0.1, 0.15) is 23.2 Å². The number of nitrogens with zero attached hydrogens (tertiary/aromatic N) is 1. The zero-order chi connectivity index (χ0) is 14.0. The minimum Gasteiger partial charge on any atom is -0.481 e. The van der Waals surface area contributed by atoms with Crippen LogP contribution < -0.4 is 5.73 Å². The summed E-state index contributed by atoms with van der Waals surface area (Å²) in [4.78, 5) is 24.8. The van der Waals surface area contributed by atoms with Crippen molar-refractivity contribution in [1.29, 1.82) is 0 Å². The molecule has 2 rings (SSSR count). The van der Waals surface area contributed by atoms with E-state index in [1.807, 2.05) is 0 Å². The summed E-state index contributed by atoms with van der Waals surface area (Å²) in [6.45, 7) is 0.821. The zero-order valence-corrected chi connectivity index (χ0v) is 11.1. The normalized spacial score (nSPS) is 19.2. The summed E-state index contributed by atoms with van der Waals surface area (Å²) in [5.41, 5.74) is 6.45. The van der Waals surface area contributed by atoms with Crippen LogP contribution in [0.3, 0.4) is 0 Å². The third-order valence-electron chi connectivity index (χ3n) is 3.30. The van der Waals surface area contributed by atoms with Crippen molar-refractivity contribution in [3.8, 4) is 0 Å². The maximum Gasteiger partial charge on any atom is 0.308 e. The number of amides is 1. The molecule has 6 heteroatoms. The predicted octanol–water partition coefficient (Wildman–Crippen LogP) is 1.86. The number of aliphatic carboxylic acids is 1. The molecule has 1 saturated heterocycles. The first kappa shape index (κ1) is 13.7. The molecule has 0 bridgehead atoms. The van der Waals surface area contributed by atoms with Gasteiger partial charge < -0.3 is 15.7 Å². The van der Waals surface area contributed by atoms with Gasteiger partial charge in [-0.25, -0.2) is 0 Å². The Morgan fingerprint density at radius 2 is 2.16 bits per heavy atom. The van der Waals surface area contributed by atoms with Crippen LogP contribution in [-0.4, -0.2) is 35.0 Å². The second kappa shape index (κ2) is 5.48. The van der Waals surface area contributed by atoms with E-state index in [1.165, 1.54) is 6.07 Å². The molecule has 102 valence electrons. The molecule has 1 aliphatic rings. The zero-order valence-electron chi connectivity index (χ0n) is 10.3. The maximum atomic E-state index is 12.3. The molecule has 1 amide bonds. The van der Waals surface area contributed by atoms with E-state index >= 15 is 0 Å². The molecule has 0 radical (unpaired) electrons. The quantitative estimate of drug-likeness (QED) is 0.811. The van der Waals surface area contributed by atoms with E-state index in [4.69, 9.17) is 22.4 Å². The fraction of sp³-hybridized carbons (Fsp3) is 0.385. The minimum absolute atomic E-state index is 0.200. The third kappa shape index (κ3) is 2.98. The second-order valence-corrected chi connectivity index (χ2v) is 5.07. The van der Waals surface area contributed by atoms with Gasteiger partial charge in [0.1, 0.15) is 0 Å². The van der Waals surface area contributed by atoms with Gasteiger partial charge >= 0.3 is 5.97 Å². The molecular formula is C13H15ClN2O3. The van der Waals surface area contributed by atoms with E-state index in [1.54, 1.807) is 17.0 Å². The minimum atomic E-state index is -0.854. The molecule has 5 nitrogen and oxygen atoms in total. The largest absolute Gasteiger partial charge is 0.481 e. The molecule has 1 atom stereocenters. The Hall–Kier alpha value is -1.75. The van der Waals surface area contributed by atoms with Crippen LogP contribution in [-0.2, 0) is 4.79 Å². The number of carbonyl (C=O) groups excluding carboxylic acids is 1. The van der Waals surface area contributed by atoms with Crippen LogP contribution in [0.4, 0.5) is 5.69 Å². The number of hydrogen-bond donors (Lipinski definition) is 2. The van der Waals surface area contributed by atoms with Gasteiger partial charge in [-0.15, -0.1) is 0 Å². The van der Waals surface area contributed by atoms with Gasteiger partial charge in [0.2, 0.25) is 0 Å². The first-order chi connectivity index (χ1) is 8.99. The van der Waals surface area contributed by atoms with Crippen LogP contribution >= 0.6 is 11.6 Å². The lowest BCUT2D eigenvalue weighted by Crippen LogP contribution is -2.42. The number of nitrogen functional groups attached to an aromatic ring is 1. The lowest BCUT2D eigenvalue weighted by atomic mass is 9.97. The Morgan fingerprint density at radius 3 is 2.79 bits per heavy atom. The molecule has 0 spiro atoms. The number of anilines is 1. The summed E-state index contributed by atoms with van der Waals surface area (Å²) in [6, 6.07) is 4.70. The van der Waals surface area contributed by atoms with Gasteiger partial charge in [0.15, 0.2) is 0 Å². The molecule has 0 aromatic heterocycles. The van der Waals surface area contributed by atoms with E-state index in [9.17, 15) is 9.59 Å². The van der Waals surface area contributed by atoms with Crippen molar-refractivity contribution in [3.05, 3.63) is 28.8 Å². The number of hydrogen-bond acceptors (Lipinski definition) is 3. The predicted molar refractivity (Wildman–Crippen MR) is 72.1 cm³/mol. The van der Waals surface area contributed by atoms with Gasteiger partial charge in [-0.05, 0) is 31.0 Å². The molecule has 0 aliphatic carbocycles. The van der Waals surface area contributed by atoms with E-state index in [2.05, 4.69) is 0 Å². The van der Waals surface area contributed by atoms with Crippen LogP contribution in [0.15, 0.2) is 18.2 Å². The monoisotopic (exact) mass is 282 g/mol. The van der Waals surface area contributed by atoms with Crippen molar-refractivity contribution in [1.82, 2.24) is 4.90 Å². The van der Waals surface area contributed by atoms with Crippen molar-refractivity contribution in [2.75, 3.05) is 18.8 Å². The summed E-state index contributed by atoms with van der Waals surface area (Å²) in [6.07, 6.45) is 1.31. The lowest BCUT2D eigenvalue weighted by molar-refractivity contribution is -0.143. The smallest absolute Gasteiger partial charge is 0.308 e. The average molecular weight is 283 g/mol. The highest BCUT2D eigenvalue weighted by Gasteiger charge is 2.28. The molecule has 0 unspecified atom stereocenters. The lowest BCUT2D eigenvalue weighted by Gasteiger charge is -2.30. The molecule has 1 heterocycles. The van der Waals surface area contributed by atoms with E-state index in [-0.39, 0.29) is 12.5 Å². The number of halogens is 1. The molecular weight excluding hydrogens is 268 g/mol. The van der Waals surface area contributed by atoms with Gasteiger partial charge in [-0.2, -0.15) is 0 Å². The number of likely N-dealkylation sites (tertiary alicyclic amines) is 1. The molecule has 1 aliphatic heterocycles. The van der Waals surface area contributed by atoms with Crippen molar-refractivity contribution in [3.63, 3.8) is 0 Å². The average Bonchev–Trinajstić information content (AvgIpc) is 2.41. The Kier molecular flexibility index (Phi) is 3.95. The summed E-state index contributed by atoms with van der Waals surface area (Å²) < 4.78 is 0. The van der Waals surface area contributed by atoms with Crippen LogP contribution in [0, 0.1) is 5.92 Å². The highest BCUT2D eigenvalue weighted by atomic mass is 35.5. The van der Waals surface area contributed by atoms with E-state index in [0.717, 1.165) is 0 Å². The molecule has 3 N–H and O–H groups in total. The summed E-state index contributed by atoms with van der Waals surface area (Å²) in [5.74, 6) is -1.54.